The lowest BCUT2D eigenvalue weighted by Crippen LogP contribution is -2.48. The van der Waals surface area contributed by atoms with Crippen molar-refractivity contribution in [1.82, 2.24) is 10.2 Å². The lowest BCUT2D eigenvalue weighted by atomic mass is 9.88. The summed E-state index contributed by atoms with van der Waals surface area (Å²) in [7, 11) is 0. The zero-order valence-corrected chi connectivity index (χ0v) is 10.0. The van der Waals surface area contributed by atoms with Crippen LogP contribution >= 0.6 is 12.4 Å². The van der Waals surface area contributed by atoms with E-state index >= 15 is 0 Å². The van der Waals surface area contributed by atoms with Crippen molar-refractivity contribution in [1.29, 1.82) is 0 Å². The van der Waals surface area contributed by atoms with Gasteiger partial charge in [-0.05, 0) is 12.8 Å². The number of amides is 1. The van der Waals surface area contributed by atoms with E-state index in [4.69, 9.17) is 0 Å². The average Bonchev–Trinajstić information content (AvgIpc) is 2.30. The first-order chi connectivity index (χ1) is 6.88. The summed E-state index contributed by atoms with van der Waals surface area (Å²) in [5.41, 5.74) is 0. The Bertz CT molecular complexity index is 179. The summed E-state index contributed by atoms with van der Waals surface area (Å²) in [5, 5.41) is 3.28. The molecule has 0 radical (unpaired) electrons. The standard InChI is InChI=1S/C11H20N2O.ClH/c14-11(10-4-2-1-3-5-10)13-8-6-12-7-9-13;/h10,12H,1-9H2;1H. The molecular formula is C11H21ClN2O. The van der Waals surface area contributed by atoms with E-state index < -0.39 is 0 Å². The molecule has 0 atom stereocenters. The third-order valence-corrected chi connectivity index (χ3v) is 3.38. The van der Waals surface area contributed by atoms with Crippen LogP contribution in [0, 0.1) is 5.92 Å². The number of halogens is 1. The van der Waals surface area contributed by atoms with Crippen molar-refractivity contribution in [3.8, 4) is 0 Å². The summed E-state index contributed by atoms with van der Waals surface area (Å²) >= 11 is 0. The second-order valence-corrected chi connectivity index (χ2v) is 4.41. The molecule has 0 bridgehead atoms. The molecule has 0 spiro atoms. The minimum Gasteiger partial charge on any atom is -0.340 e. The van der Waals surface area contributed by atoms with Gasteiger partial charge in [-0.25, -0.2) is 0 Å². The lowest BCUT2D eigenvalue weighted by molar-refractivity contribution is -0.137. The second kappa shape index (κ2) is 6.33. The number of carbonyl (C=O) groups excluding carboxylic acids is 1. The average molecular weight is 233 g/mol. The molecule has 2 fully saturated rings. The maximum atomic E-state index is 12.1. The molecule has 1 heterocycles. The van der Waals surface area contributed by atoms with Crippen LogP contribution in [0.4, 0.5) is 0 Å². The van der Waals surface area contributed by atoms with Gasteiger partial charge in [-0.1, -0.05) is 19.3 Å². The minimum absolute atomic E-state index is 0. The van der Waals surface area contributed by atoms with Crippen LogP contribution in [0.15, 0.2) is 0 Å². The van der Waals surface area contributed by atoms with Crippen LogP contribution in [0.3, 0.4) is 0 Å². The minimum atomic E-state index is 0. The maximum absolute atomic E-state index is 12.1. The fourth-order valence-corrected chi connectivity index (χ4v) is 2.49. The molecule has 1 saturated heterocycles. The van der Waals surface area contributed by atoms with Crippen LogP contribution in [0.5, 0.6) is 0 Å². The first-order valence-electron chi connectivity index (χ1n) is 5.87. The quantitative estimate of drug-likeness (QED) is 0.742. The summed E-state index contributed by atoms with van der Waals surface area (Å²) in [5.74, 6) is 0.771. The van der Waals surface area contributed by atoms with E-state index in [-0.39, 0.29) is 12.4 Å². The molecule has 15 heavy (non-hydrogen) atoms. The summed E-state index contributed by atoms with van der Waals surface area (Å²) in [6.07, 6.45) is 6.09. The first kappa shape index (κ1) is 12.8. The van der Waals surface area contributed by atoms with Gasteiger partial charge in [0.1, 0.15) is 0 Å². The Kier molecular flexibility index (Phi) is 5.40. The molecule has 1 aliphatic carbocycles. The Labute approximate surface area is 98.0 Å². The summed E-state index contributed by atoms with van der Waals surface area (Å²) in [6.45, 7) is 3.77. The topological polar surface area (TPSA) is 32.3 Å². The predicted octanol–water partition coefficient (Wildman–Crippen LogP) is 1.42. The number of hydrogen-bond acceptors (Lipinski definition) is 2. The van der Waals surface area contributed by atoms with E-state index in [9.17, 15) is 4.79 Å². The molecule has 3 nitrogen and oxygen atoms in total. The van der Waals surface area contributed by atoms with Gasteiger partial charge in [0.15, 0.2) is 0 Å². The van der Waals surface area contributed by atoms with Crippen molar-refractivity contribution in [3.05, 3.63) is 0 Å². The molecule has 4 heteroatoms. The van der Waals surface area contributed by atoms with Crippen LogP contribution in [-0.2, 0) is 4.79 Å². The van der Waals surface area contributed by atoms with E-state index in [2.05, 4.69) is 5.32 Å². The molecule has 2 aliphatic rings. The highest BCUT2D eigenvalue weighted by Crippen LogP contribution is 2.25. The summed E-state index contributed by atoms with van der Waals surface area (Å²) in [6, 6.07) is 0. The molecule has 0 aromatic rings. The SMILES string of the molecule is Cl.O=C(C1CCCCC1)N1CCNCC1. The van der Waals surface area contributed by atoms with Crippen molar-refractivity contribution in [2.75, 3.05) is 26.2 Å². The molecule has 1 saturated carbocycles. The van der Waals surface area contributed by atoms with E-state index in [1.165, 1.54) is 19.3 Å². The Balaban J connectivity index is 0.00000112. The lowest BCUT2D eigenvalue weighted by Gasteiger charge is -2.32. The van der Waals surface area contributed by atoms with Crippen LogP contribution < -0.4 is 5.32 Å². The second-order valence-electron chi connectivity index (χ2n) is 4.41. The number of nitrogens with zero attached hydrogens (tertiary/aromatic N) is 1. The van der Waals surface area contributed by atoms with Crippen molar-refractivity contribution in [2.45, 2.75) is 32.1 Å². The third-order valence-electron chi connectivity index (χ3n) is 3.38. The van der Waals surface area contributed by atoms with Crippen LogP contribution in [0.25, 0.3) is 0 Å². The highest BCUT2D eigenvalue weighted by atomic mass is 35.5. The summed E-state index contributed by atoms with van der Waals surface area (Å²) in [4.78, 5) is 14.1. The molecule has 0 unspecified atom stereocenters. The number of rotatable bonds is 1. The van der Waals surface area contributed by atoms with Crippen LogP contribution in [0.2, 0.25) is 0 Å². The number of nitrogens with one attached hydrogen (secondary N) is 1. The van der Waals surface area contributed by atoms with Crippen LogP contribution in [0.1, 0.15) is 32.1 Å². The Morgan fingerprint density at radius 1 is 1.07 bits per heavy atom. The Hall–Kier alpha value is -0.280. The van der Waals surface area contributed by atoms with Gasteiger partial charge in [-0.3, -0.25) is 4.79 Å². The van der Waals surface area contributed by atoms with Gasteiger partial charge in [-0.15, -0.1) is 12.4 Å². The van der Waals surface area contributed by atoms with Crippen molar-refractivity contribution in [3.63, 3.8) is 0 Å². The van der Waals surface area contributed by atoms with E-state index in [1.807, 2.05) is 4.90 Å². The van der Waals surface area contributed by atoms with Crippen molar-refractivity contribution >= 4 is 18.3 Å². The van der Waals surface area contributed by atoms with Gasteiger partial charge in [0, 0.05) is 32.1 Å². The zero-order valence-electron chi connectivity index (χ0n) is 9.21. The van der Waals surface area contributed by atoms with E-state index in [0.717, 1.165) is 39.0 Å². The van der Waals surface area contributed by atoms with Gasteiger partial charge < -0.3 is 10.2 Å². The van der Waals surface area contributed by atoms with E-state index in [0.29, 0.717) is 11.8 Å². The maximum Gasteiger partial charge on any atom is 0.225 e. The molecule has 88 valence electrons. The van der Waals surface area contributed by atoms with Crippen molar-refractivity contribution in [2.24, 2.45) is 5.92 Å². The molecule has 1 N–H and O–H groups in total. The Morgan fingerprint density at radius 3 is 2.27 bits per heavy atom. The number of carbonyl (C=O) groups is 1. The fraction of sp³-hybridized carbons (Fsp3) is 0.909. The Morgan fingerprint density at radius 2 is 1.67 bits per heavy atom. The van der Waals surface area contributed by atoms with Gasteiger partial charge in [0.25, 0.3) is 0 Å². The van der Waals surface area contributed by atoms with Crippen LogP contribution in [-0.4, -0.2) is 37.0 Å². The fourth-order valence-electron chi connectivity index (χ4n) is 2.49. The first-order valence-corrected chi connectivity index (χ1v) is 5.87. The largest absolute Gasteiger partial charge is 0.340 e. The highest BCUT2D eigenvalue weighted by molar-refractivity contribution is 5.85. The smallest absolute Gasteiger partial charge is 0.225 e. The third kappa shape index (κ3) is 3.35. The highest BCUT2D eigenvalue weighted by Gasteiger charge is 2.26. The predicted molar refractivity (Wildman–Crippen MR) is 63.3 cm³/mol. The van der Waals surface area contributed by atoms with Gasteiger partial charge in [-0.2, -0.15) is 0 Å². The molecular weight excluding hydrogens is 212 g/mol. The molecule has 0 aromatic heterocycles. The monoisotopic (exact) mass is 232 g/mol. The molecule has 0 aromatic carbocycles. The van der Waals surface area contributed by atoms with E-state index in [1.54, 1.807) is 0 Å². The number of hydrogen-bond donors (Lipinski definition) is 1. The normalized spacial score (nSPS) is 23.3. The summed E-state index contributed by atoms with van der Waals surface area (Å²) < 4.78 is 0. The van der Waals surface area contributed by atoms with Crippen molar-refractivity contribution < 1.29 is 4.79 Å². The van der Waals surface area contributed by atoms with Gasteiger partial charge >= 0.3 is 0 Å². The van der Waals surface area contributed by atoms with Gasteiger partial charge in [0.2, 0.25) is 5.91 Å². The zero-order chi connectivity index (χ0) is 9.80. The number of piperazine rings is 1. The molecule has 2 rings (SSSR count). The van der Waals surface area contributed by atoms with Gasteiger partial charge in [0.05, 0.1) is 0 Å². The molecule has 1 amide bonds. The molecule has 1 aliphatic heterocycles.